The maximum atomic E-state index is 12.6. The Hall–Kier alpha value is -2.18. The van der Waals surface area contributed by atoms with Crippen LogP contribution < -0.4 is 5.32 Å². The van der Waals surface area contributed by atoms with Gasteiger partial charge in [0.2, 0.25) is 0 Å². The number of ether oxygens (including phenoxy) is 1. The van der Waals surface area contributed by atoms with Crippen LogP contribution in [0.15, 0.2) is 53.0 Å². The summed E-state index contributed by atoms with van der Waals surface area (Å²) in [5.41, 5.74) is 2.58. The van der Waals surface area contributed by atoms with Crippen LogP contribution in [0.4, 0.5) is 0 Å². The Kier molecular flexibility index (Phi) is 6.06. The number of benzene rings is 2. The van der Waals surface area contributed by atoms with Crippen LogP contribution in [0.3, 0.4) is 0 Å². The van der Waals surface area contributed by atoms with Gasteiger partial charge in [0.15, 0.2) is 0 Å². The van der Waals surface area contributed by atoms with E-state index in [1.807, 2.05) is 50.2 Å². The Balaban J connectivity index is 1.85. The first-order valence-corrected chi connectivity index (χ1v) is 9.48. The van der Waals surface area contributed by atoms with Crippen molar-refractivity contribution in [1.82, 2.24) is 14.9 Å². The van der Waals surface area contributed by atoms with Crippen LogP contribution in [0.25, 0.3) is 11.0 Å². The molecule has 26 heavy (non-hydrogen) atoms. The van der Waals surface area contributed by atoms with Crippen molar-refractivity contribution in [3.63, 3.8) is 0 Å². The van der Waals surface area contributed by atoms with Gasteiger partial charge in [-0.25, -0.2) is 4.98 Å². The standard InChI is InChI=1S/C20H22BrN3O2/c1-3-26-12-11-24-18-10-5-4-9-17(18)23-19(24)14(2)22-20(25)15-7-6-8-16(21)13-15/h4-10,13-14H,3,11-12H2,1-2H3,(H,22,25). The van der Waals surface area contributed by atoms with Crippen LogP contribution in [0.2, 0.25) is 0 Å². The number of imidazole rings is 1. The minimum Gasteiger partial charge on any atom is -0.380 e. The van der Waals surface area contributed by atoms with Gasteiger partial charge in [-0.3, -0.25) is 4.79 Å². The van der Waals surface area contributed by atoms with Crippen molar-refractivity contribution in [3.8, 4) is 0 Å². The van der Waals surface area contributed by atoms with Crippen molar-refractivity contribution < 1.29 is 9.53 Å². The van der Waals surface area contributed by atoms with Gasteiger partial charge < -0.3 is 14.6 Å². The fourth-order valence-corrected chi connectivity index (χ4v) is 3.33. The molecule has 6 heteroatoms. The number of carbonyl (C=O) groups is 1. The van der Waals surface area contributed by atoms with Crippen molar-refractivity contribution in [2.75, 3.05) is 13.2 Å². The number of rotatable bonds is 7. The molecule has 0 radical (unpaired) electrons. The van der Waals surface area contributed by atoms with Crippen molar-refractivity contribution >= 4 is 32.9 Å². The van der Waals surface area contributed by atoms with Crippen molar-refractivity contribution in [1.29, 1.82) is 0 Å². The number of fused-ring (bicyclic) bond motifs is 1. The van der Waals surface area contributed by atoms with Gasteiger partial charge in [-0.2, -0.15) is 0 Å². The first-order chi connectivity index (χ1) is 12.6. The van der Waals surface area contributed by atoms with E-state index in [9.17, 15) is 4.79 Å². The van der Waals surface area contributed by atoms with Crippen molar-refractivity contribution in [2.45, 2.75) is 26.4 Å². The van der Waals surface area contributed by atoms with Gasteiger partial charge in [-0.05, 0) is 44.2 Å². The highest BCUT2D eigenvalue weighted by molar-refractivity contribution is 9.10. The Bertz CT molecular complexity index is 907. The van der Waals surface area contributed by atoms with Crippen molar-refractivity contribution in [3.05, 3.63) is 64.4 Å². The van der Waals surface area contributed by atoms with Crippen LogP contribution in [-0.4, -0.2) is 28.7 Å². The quantitative estimate of drug-likeness (QED) is 0.584. The molecule has 3 rings (SSSR count). The molecule has 0 aliphatic carbocycles. The summed E-state index contributed by atoms with van der Waals surface area (Å²) in [5.74, 6) is 0.705. The maximum absolute atomic E-state index is 12.6. The van der Waals surface area contributed by atoms with E-state index in [1.165, 1.54) is 0 Å². The zero-order valence-electron chi connectivity index (χ0n) is 14.9. The Morgan fingerprint density at radius 1 is 1.27 bits per heavy atom. The van der Waals surface area contributed by atoms with Gasteiger partial charge in [0.1, 0.15) is 5.82 Å². The summed E-state index contributed by atoms with van der Waals surface area (Å²) in [6.45, 7) is 5.91. The Morgan fingerprint density at radius 3 is 2.85 bits per heavy atom. The third kappa shape index (κ3) is 4.14. The summed E-state index contributed by atoms with van der Waals surface area (Å²) in [5, 5.41) is 3.05. The zero-order valence-corrected chi connectivity index (χ0v) is 16.5. The molecule has 0 aliphatic heterocycles. The van der Waals surface area contributed by atoms with Crippen molar-refractivity contribution in [2.24, 2.45) is 0 Å². The Labute approximate surface area is 161 Å². The number of para-hydroxylation sites is 2. The van der Waals surface area contributed by atoms with E-state index in [-0.39, 0.29) is 11.9 Å². The number of nitrogens with zero attached hydrogens (tertiary/aromatic N) is 2. The molecule has 0 saturated heterocycles. The van der Waals surface area contributed by atoms with Crippen LogP contribution >= 0.6 is 15.9 Å². The van der Waals surface area contributed by atoms with Crippen LogP contribution in [0.1, 0.15) is 36.1 Å². The lowest BCUT2D eigenvalue weighted by molar-refractivity contribution is 0.0937. The molecule has 1 N–H and O–H groups in total. The van der Waals surface area contributed by atoms with Gasteiger partial charge >= 0.3 is 0 Å². The Morgan fingerprint density at radius 2 is 2.08 bits per heavy atom. The maximum Gasteiger partial charge on any atom is 0.251 e. The van der Waals surface area contributed by atoms with E-state index >= 15 is 0 Å². The largest absolute Gasteiger partial charge is 0.380 e. The molecule has 0 spiro atoms. The molecule has 2 aromatic carbocycles. The molecule has 3 aromatic rings. The number of nitrogens with one attached hydrogen (secondary N) is 1. The number of hydrogen-bond donors (Lipinski definition) is 1. The van der Waals surface area contributed by atoms with Gasteiger partial charge in [-0.1, -0.05) is 34.1 Å². The fraction of sp³-hybridized carbons (Fsp3) is 0.300. The third-order valence-corrected chi connectivity index (χ3v) is 4.66. The zero-order chi connectivity index (χ0) is 18.5. The molecule has 136 valence electrons. The second kappa shape index (κ2) is 8.47. The predicted octanol–water partition coefficient (Wildman–Crippen LogP) is 4.33. The lowest BCUT2D eigenvalue weighted by atomic mass is 10.2. The van der Waals surface area contributed by atoms with Gasteiger partial charge in [-0.15, -0.1) is 0 Å². The molecule has 0 saturated carbocycles. The molecule has 1 atom stereocenters. The number of amides is 1. The summed E-state index contributed by atoms with van der Waals surface area (Å²) in [7, 11) is 0. The topological polar surface area (TPSA) is 56.1 Å². The summed E-state index contributed by atoms with van der Waals surface area (Å²) in [4.78, 5) is 17.3. The molecule has 1 unspecified atom stereocenters. The highest BCUT2D eigenvalue weighted by Gasteiger charge is 2.19. The second-order valence-electron chi connectivity index (χ2n) is 6.01. The van der Waals surface area contributed by atoms with Crippen LogP contribution in [-0.2, 0) is 11.3 Å². The highest BCUT2D eigenvalue weighted by atomic mass is 79.9. The lowest BCUT2D eigenvalue weighted by Gasteiger charge is -2.16. The number of halogens is 1. The summed E-state index contributed by atoms with van der Waals surface area (Å²) in [6.07, 6.45) is 0. The average Bonchev–Trinajstić information content (AvgIpc) is 3.01. The van der Waals surface area contributed by atoms with E-state index in [2.05, 4.69) is 25.8 Å². The van der Waals surface area contributed by atoms with E-state index in [0.717, 1.165) is 21.3 Å². The second-order valence-corrected chi connectivity index (χ2v) is 6.93. The van der Waals surface area contributed by atoms with E-state index in [1.54, 1.807) is 12.1 Å². The van der Waals surface area contributed by atoms with Gasteiger partial charge in [0, 0.05) is 23.2 Å². The number of carbonyl (C=O) groups excluding carboxylic acids is 1. The van der Waals surface area contributed by atoms with Gasteiger partial charge in [0.25, 0.3) is 5.91 Å². The lowest BCUT2D eigenvalue weighted by Crippen LogP contribution is -2.29. The molecule has 5 nitrogen and oxygen atoms in total. The van der Waals surface area contributed by atoms with E-state index in [0.29, 0.717) is 25.3 Å². The summed E-state index contributed by atoms with van der Waals surface area (Å²) >= 11 is 3.40. The molecular weight excluding hydrogens is 394 g/mol. The first-order valence-electron chi connectivity index (χ1n) is 8.69. The predicted molar refractivity (Wildman–Crippen MR) is 106 cm³/mol. The van der Waals surface area contributed by atoms with Crippen LogP contribution in [0.5, 0.6) is 0 Å². The molecule has 1 amide bonds. The van der Waals surface area contributed by atoms with E-state index in [4.69, 9.17) is 9.72 Å². The molecular formula is C20H22BrN3O2. The SMILES string of the molecule is CCOCCn1c(C(C)NC(=O)c2cccc(Br)c2)nc2ccccc21. The number of hydrogen-bond acceptors (Lipinski definition) is 3. The highest BCUT2D eigenvalue weighted by Crippen LogP contribution is 2.21. The molecule has 1 aromatic heterocycles. The third-order valence-electron chi connectivity index (χ3n) is 4.17. The monoisotopic (exact) mass is 415 g/mol. The molecule has 0 aliphatic rings. The normalized spacial score (nSPS) is 12.3. The van der Waals surface area contributed by atoms with Gasteiger partial charge in [0.05, 0.1) is 23.7 Å². The molecule has 1 heterocycles. The summed E-state index contributed by atoms with van der Waals surface area (Å²) in [6, 6.07) is 15.1. The average molecular weight is 416 g/mol. The summed E-state index contributed by atoms with van der Waals surface area (Å²) < 4.78 is 8.51. The minimum atomic E-state index is -0.226. The van der Waals surface area contributed by atoms with E-state index < -0.39 is 0 Å². The minimum absolute atomic E-state index is 0.123. The number of aromatic nitrogens is 2. The molecule has 0 bridgehead atoms. The smallest absolute Gasteiger partial charge is 0.251 e. The fourth-order valence-electron chi connectivity index (χ4n) is 2.93. The first kappa shape index (κ1) is 18.6. The molecule has 0 fully saturated rings. The van der Waals surface area contributed by atoms with Crippen LogP contribution in [0, 0.1) is 0 Å².